The zero-order chi connectivity index (χ0) is 16.5. The first kappa shape index (κ1) is 18.3. The number of hydrogen-bond acceptors (Lipinski definition) is 4. The van der Waals surface area contributed by atoms with E-state index in [1.54, 1.807) is 7.11 Å². The first-order valence-electron chi connectivity index (χ1n) is 8.39. The standard InChI is InChI=1S/C18H28N2O2S/c1-3-23-14-15-4-6-17(7-5-15)18(21)19-12-16-8-9-20(13-16)10-11-22-2/h4-7,16H,3,8-14H2,1-2H3,(H,19,21)/t16-/m1/s1. The van der Waals surface area contributed by atoms with Crippen LogP contribution < -0.4 is 5.32 Å². The molecule has 2 rings (SSSR count). The highest BCUT2D eigenvalue weighted by Crippen LogP contribution is 2.16. The van der Waals surface area contributed by atoms with Crippen LogP contribution in [0.2, 0.25) is 0 Å². The SMILES string of the molecule is CCSCc1ccc(C(=O)NC[C@H]2CCN(CCOC)C2)cc1. The van der Waals surface area contributed by atoms with Crippen LogP contribution in [0.5, 0.6) is 0 Å². The molecular weight excluding hydrogens is 308 g/mol. The summed E-state index contributed by atoms with van der Waals surface area (Å²) in [4.78, 5) is 14.6. The summed E-state index contributed by atoms with van der Waals surface area (Å²) in [6, 6.07) is 7.97. The van der Waals surface area contributed by atoms with Crippen molar-refractivity contribution in [2.24, 2.45) is 5.92 Å². The summed E-state index contributed by atoms with van der Waals surface area (Å²) in [5.74, 6) is 2.72. The van der Waals surface area contributed by atoms with Crippen LogP contribution in [-0.2, 0) is 10.5 Å². The Kier molecular flexibility index (Phi) is 7.92. The van der Waals surface area contributed by atoms with Gasteiger partial charge in [0.2, 0.25) is 0 Å². The van der Waals surface area contributed by atoms with Crippen molar-refractivity contribution in [2.75, 3.05) is 45.6 Å². The summed E-state index contributed by atoms with van der Waals surface area (Å²) in [5, 5.41) is 3.08. The average Bonchev–Trinajstić information content (AvgIpc) is 3.04. The lowest BCUT2D eigenvalue weighted by Gasteiger charge is -2.15. The summed E-state index contributed by atoms with van der Waals surface area (Å²) in [6.07, 6.45) is 1.15. The summed E-state index contributed by atoms with van der Waals surface area (Å²) in [6.45, 7) is 6.84. The molecule has 1 amide bonds. The lowest BCUT2D eigenvalue weighted by molar-refractivity contribution is 0.0946. The number of likely N-dealkylation sites (tertiary alicyclic amines) is 1. The van der Waals surface area contributed by atoms with E-state index in [1.165, 1.54) is 5.56 Å². The fraction of sp³-hybridized carbons (Fsp3) is 0.611. The number of hydrogen-bond donors (Lipinski definition) is 1. The van der Waals surface area contributed by atoms with Crippen LogP contribution in [0.4, 0.5) is 0 Å². The van der Waals surface area contributed by atoms with E-state index in [9.17, 15) is 4.79 Å². The largest absolute Gasteiger partial charge is 0.383 e. The third kappa shape index (κ3) is 6.16. The van der Waals surface area contributed by atoms with Crippen molar-refractivity contribution in [2.45, 2.75) is 19.1 Å². The highest BCUT2D eigenvalue weighted by Gasteiger charge is 2.22. The van der Waals surface area contributed by atoms with Crippen LogP contribution in [-0.4, -0.2) is 56.5 Å². The first-order chi connectivity index (χ1) is 11.2. The zero-order valence-corrected chi connectivity index (χ0v) is 15.0. The molecule has 0 bridgehead atoms. The third-order valence-corrected chi connectivity index (χ3v) is 5.17. The Morgan fingerprint density at radius 3 is 2.87 bits per heavy atom. The smallest absolute Gasteiger partial charge is 0.251 e. The average molecular weight is 337 g/mol. The second-order valence-corrected chi connectivity index (χ2v) is 7.27. The van der Waals surface area contributed by atoms with E-state index in [2.05, 4.69) is 29.3 Å². The molecule has 1 aliphatic heterocycles. The maximum absolute atomic E-state index is 12.2. The van der Waals surface area contributed by atoms with E-state index in [0.29, 0.717) is 5.92 Å². The molecule has 0 saturated carbocycles. The van der Waals surface area contributed by atoms with Gasteiger partial charge < -0.3 is 15.0 Å². The number of methoxy groups -OCH3 is 1. The molecule has 1 fully saturated rings. The number of benzene rings is 1. The predicted molar refractivity (Wildman–Crippen MR) is 97.0 cm³/mol. The maximum Gasteiger partial charge on any atom is 0.251 e. The second-order valence-electron chi connectivity index (χ2n) is 5.99. The van der Waals surface area contributed by atoms with Gasteiger partial charge in [-0.1, -0.05) is 19.1 Å². The number of thioether (sulfide) groups is 1. The number of rotatable bonds is 9. The quantitative estimate of drug-likeness (QED) is 0.753. The Bertz CT molecular complexity index is 478. The molecule has 23 heavy (non-hydrogen) atoms. The molecule has 0 aliphatic carbocycles. The van der Waals surface area contributed by atoms with Crippen molar-refractivity contribution in [3.8, 4) is 0 Å². The molecule has 1 heterocycles. The van der Waals surface area contributed by atoms with E-state index in [-0.39, 0.29) is 5.91 Å². The Morgan fingerprint density at radius 2 is 2.17 bits per heavy atom. The molecule has 1 saturated heterocycles. The van der Waals surface area contributed by atoms with Gasteiger partial charge in [0, 0.05) is 38.1 Å². The Labute approximate surface area is 144 Å². The van der Waals surface area contributed by atoms with E-state index in [1.807, 2.05) is 23.9 Å². The third-order valence-electron chi connectivity index (χ3n) is 4.22. The summed E-state index contributed by atoms with van der Waals surface area (Å²) < 4.78 is 5.12. The van der Waals surface area contributed by atoms with E-state index < -0.39 is 0 Å². The summed E-state index contributed by atoms with van der Waals surface area (Å²) in [7, 11) is 1.74. The Balaban J connectivity index is 1.72. The molecule has 0 spiro atoms. The van der Waals surface area contributed by atoms with Gasteiger partial charge in [0.25, 0.3) is 5.91 Å². The molecule has 1 aromatic rings. The highest BCUT2D eigenvalue weighted by atomic mass is 32.2. The maximum atomic E-state index is 12.2. The van der Waals surface area contributed by atoms with Gasteiger partial charge in [-0.15, -0.1) is 0 Å². The predicted octanol–water partition coefficient (Wildman–Crippen LogP) is 2.64. The van der Waals surface area contributed by atoms with Crippen molar-refractivity contribution >= 4 is 17.7 Å². The minimum absolute atomic E-state index is 0.0371. The molecule has 1 atom stereocenters. The molecule has 1 aliphatic rings. The number of nitrogens with zero attached hydrogens (tertiary/aromatic N) is 1. The molecule has 0 aromatic heterocycles. The zero-order valence-electron chi connectivity index (χ0n) is 14.2. The minimum atomic E-state index is 0.0371. The van der Waals surface area contributed by atoms with Gasteiger partial charge in [-0.3, -0.25) is 4.79 Å². The fourth-order valence-corrected chi connectivity index (χ4v) is 3.45. The van der Waals surface area contributed by atoms with Crippen LogP contribution in [0.1, 0.15) is 29.3 Å². The molecule has 128 valence electrons. The van der Waals surface area contributed by atoms with Gasteiger partial charge in [0.1, 0.15) is 0 Å². The van der Waals surface area contributed by atoms with Crippen LogP contribution in [0.15, 0.2) is 24.3 Å². The molecular formula is C18H28N2O2S. The topological polar surface area (TPSA) is 41.6 Å². The Hall–Kier alpha value is -1.04. The lowest BCUT2D eigenvalue weighted by Crippen LogP contribution is -2.31. The van der Waals surface area contributed by atoms with Crippen LogP contribution in [0.3, 0.4) is 0 Å². The second kappa shape index (κ2) is 9.96. The molecule has 1 aromatic carbocycles. The molecule has 0 radical (unpaired) electrons. The van der Waals surface area contributed by atoms with Crippen molar-refractivity contribution in [1.82, 2.24) is 10.2 Å². The van der Waals surface area contributed by atoms with Crippen molar-refractivity contribution in [3.05, 3.63) is 35.4 Å². The fourth-order valence-electron chi connectivity index (χ4n) is 2.81. The monoisotopic (exact) mass is 336 g/mol. The number of ether oxygens (including phenoxy) is 1. The van der Waals surface area contributed by atoms with E-state index >= 15 is 0 Å². The minimum Gasteiger partial charge on any atom is -0.383 e. The molecule has 0 unspecified atom stereocenters. The number of carbonyl (C=O) groups excluding carboxylic acids is 1. The number of amides is 1. The first-order valence-corrected chi connectivity index (χ1v) is 9.54. The van der Waals surface area contributed by atoms with Crippen molar-refractivity contribution < 1.29 is 9.53 Å². The van der Waals surface area contributed by atoms with Crippen LogP contribution >= 0.6 is 11.8 Å². The molecule has 4 nitrogen and oxygen atoms in total. The van der Waals surface area contributed by atoms with Gasteiger partial charge in [0.05, 0.1) is 6.61 Å². The highest BCUT2D eigenvalue weighted by molar-refractivity contribution is 7.98. The summed E-state index contributed by atoms with van der Waals surface area (Å²) >= 11 is 1.89. The van der Waals surface area contributed by atoms with E-state index in [0.717, 1.165) is 56.3 Å². The normalized spacial score (nSPS) is 18.3. The van der Waals surface area contributed by atoms with Crippen molar-refractivity contribution in [1.29, 1.82) is 0 Å². The van der Waals surface area contributed by atoms with Crippen LogP contribution in [0, 0.1) is 5.92 Å². The van der Waals surface area contributed by atoms with Crippen molar-refractivity contribution in [3.63, 3.8) is 0 Å². The van der Waals surface area contributed by atoms with Gasteiger partial charge in [-0.05, 0) is 42.3 Å². The van der Waals surface area contributed by atoms with Gasteiger partial charge in [-0.2, -0.15) is 11.8 Å². The number of carbonyl (C=O) groups is 1. The van der Waals surface area contributed by atoms with Crippen LogP contribution in [0.25, 0.3) is 0 Å². The van der Waals surface area contributed by atoms with Gasteiger partial charge in [0.15, 0.2) is 0 Å². The molecule has 5 heteroatoms. The Morgan fingerprint density at radius 1 is 1.39 bits per heavy atom. The van der Waals surface area contributed by atoms with Gasteiger partial charge in [-0.25, -0.2) is 0 Å². The van der Waals surface area contributed by atoms with Gasteiger partial charge >= 0.3 is 0 Å². The van der Waals surface area contributed by atoms with E-state index in [4.69, 9.17) is 4.74 Å². The lowest BCUT2D eigenvalue weighted by atomic mass is 10.1. The molecule has 1 N–H and O–H groups in total. The number of nitrogens with one attached hydrogen (secondary N) is 1. The summed E-state index contributed by atoms with van der Waals surface area (Å²) in [5.41, 5.74) is 2.03.